The maximum Gasteiger partial charge on any atom is 0.333 e. The lowest BCUT2D eigenvalue weighted by Gasteiger charge is -2.26. The van der Waals surface area contributed by atoms with Crippen LogP contribution in [0.1, 0.15) is 45.4 Å². The van der Waals surface area contributed by atoms with Crippen LogP contribution in [0.4, 0.5) is 10.6 Å². The number of amides is 2. The summed E-state index contributed by atoms with van der Waals surface area (Å²) in [7, 11) is 0. The van der Waals surface area contributed by atoms with Crippen LogP contribution in [0.15, 0.2) is 12.3 Å². The highest BCUT2D eigenvalue weighted by Crippen LogP contribution is 2.17. The van der Waals surface area contributed by atoms with E-state index in [1.165, 1.54) is 6.20 Å². The molecule has 2 amide bonds. The second kappa shape index (κ2) is 7.59. The lowest BCUT2D eigenvalue weighted by Crippen LogP contribution is -2.51. The van der Waals surface area contributed by atoms with E-state index in [4.69, 9.17) is 5.26 Å². The van der Waals surface area contributed by atoms with Crippen LogP contribution in [-0.4, -0.2) is 28.6 Å². The molecule has 0 aliphatic heterocycles. The van der Waals surface area contributed by atoms with Gasteiger partial charge in [0.1, 0.15) is 6.07 Å². The summed E-state index contributed by atoms with van der Waals surface area (Å²) in [5.74, 6) is 0.929. The minimum Gasteiger partial charge on any atom is -0.334 e. The van der Waals surface area contributed by atoms with Gasteiger partial charge >= 0.3 is 6.03 Å². The highest BCUT2D eigenvalue weighted by atomic mass is 16.2. The Morgan fingerprint density at radius 2 is 2.23 bits per heavy atom. The summed E-state index contributed by atoms with van der Waals surface area (Å²) in [6, 6.07) is 3.61. The second-order valence-corrected chi connectivity index (χ2v) is 5.92. The molecule has 7 heteroatoms. The first-order valence-electron chi connectivity index (χ1n) is 7.66. The fourth-order valence-electron chi connectivity index (χ4n) is 2.53. The summed E-state index contributed by atoms with van der Waals surface area (Å²) >= 11 is 0. The zero-order chi connectivity index (χ0) is 15.9. The Morgan fingerprint density at radius 1 is 1.50 bits per heavy atom. The lowest BCUT2D eigenvalue weighted by atomic mass is 10.2. The highest BCUT2D eigenvalue weighted by molar-refractivity contribution is 5.76. The number of rotatable bonds is 5. The third-order valence-corrected chi connectivity index (χ3v) is 3.49. The van der Waals surface area contributed by atoms with Crippen molar-refractivity contribution in [2.45, 2.75) is 45.6 Å². The molecular formula is C15H22N6O. The standard InChI is InChI=1S/C15H22N6O/c1-11(2)10-21(14-7-8-17-13(9-16)19-14)20-15(22)18-12-5-3-4-6-12/h7-8,11-12H,3-6,10H2,1-2H3,(H2,18,20,22). The molecule has 0 spiro atoms. The molecule has 0 atom stereocenters. The third kappa shape index (κ3) is 4.58. The molecule has 22 heavy (non-hydrogen) atoms. The molecular weight excluding hydrogens is 280 g/mol. The maximum absolute atomic E-state index is 12.1. The number of anilines is 1. The van der Waals surface area contributed by atoms with Crippen LogP contribution in [0, 0.1) is 17.2 Å². The van der Waals surface area contributed by atoms with E-state index in [2.05, 4.69) is 34.6 Å². The zero-order valence-corrected chi connectivity index (χ0v) is 13.0. The number of carbonyl (C=O) groups excluding carboxylic acids is 1. The molecule has 118 valence electrons. The molecule has 0 unspecified atom stereocenters. The first-order chi connectivity index (χ1) is 10.6. The number of hydrogen-bond acceptors (Lipinski definition) is 5. The number of hydrogen-bond donors (Lipinski definition) is 2. The number of nitriles is 1. The van der Waals surface area contributed by atoms with Crippen molar-refractivity contribution in [1.82, 2.24) is 20.7 Å². The second-order valence-electron chi connectivity index (χ2n) is 5.92. The van der Waals surface area contributed by atoms with Crippen LogP contribution >= 0.6 is 0 Å². The predicted octanol–water partition coefficient (Wildman–Crippen LogP) is 1.97. The van der Waals surface area contributed by atoms with Gasteiger partial charge in [-0.15, -0.1) is 0 Å². The molecule has 0 bridgehead atoms. The lowest BCUT2D eigenvalue weighted by molar-refractivity contribution is 0.235. The Labute approximate surface area is 130 Å². The summed E-state index contributed by atoms with van der Waals surface area (Å²) in [4.78, 5) is 20.1. The molecule has 0 aromatic carbocycles. The molecule has 1 aromatic rings. The number of hydrazine groups is 1. The Balaban J connectivity index is 2.04. The van der Waals surface area contributed by atoms with Gasteiger partial charge in [-0.3, -0.25) is 5.01 Å². The summed E-state index contributed by atoms with van der Waals surface area (Å²) in [5.41, 5.74) is 2.83. The van der Waals surface area contributed by atoms with Crippen molar-refractivity contribution in [3.8, 4) is 6.07 Å². The smallest absolute Gasteiger partial charge is 0.333 e. The zero-order valence-electron chi connectivity index (χ0n) is 13.0. The minimum atomic E-state index is -0.232. The predicted molar refractivity (Wildman–Crippen MR) is 82.9 cm³/mol. The molecule has 2 N–H and O–H groups in total. The molecule has 0 radical (unpaired) electrons. The Morgan fingerprint density at radius 3 is 2.86 bits per heavy atom. The number of carbonyl (C=O) groups is 1. The van der Waals surface area contributed by atoms with Gasteiger partial charge in [-0.25, -0.2) is 15.2 Å². The molecule has 1 heterocycles. The van der Waals surface area contributed by atoms with E-state index in [1.54, 1.807) is 11.1 Å². The van der Waals surface area contributed by atoms with Crippen molar-refractivity contribution in [1.29, 1.82) is 5.26 Å². The van der Waals surface area contributed by atoms with Crippen molar-refractivity contribution >= 4 is 11.8 Å². The van der Waals surface area contributed by atoms with Crippen LogP contribution in [-0.2, 0) is 0 Å². The van der Waals surface area contributed by atoms with E-state index in [9.17, 15) is 4.79 Å². The van der Waals surface area contributed by atoms with Crippen molar-refractivity contribution in [3.63, 3.8) is 0 Å². The molecule has 1 aliphatic carbocycles. The molecule has 7 nitrogen and oxygen atoms in total. The summed E-state index contributed by atoms with van der Waals surface area (Å²) < 4.78 is 0. The van der Waals surface area contributed by atoms with Crippen LogP contribution in [0.5, 0.6) is 0 Å². The molecule has 1 aromatic heterocycles. The van der Waals surface area contributed by atoms with E-state index in [0.717, 1.165) is 25.7 Å². The van der Waals surface area contributed by atoms with E-state index >= 15 is 0 Å². The highest BCUT2D eigenvalue weighted by Gasteiger charge is 2.19. The van der Waals surface area contributed by atoms with Gasteiger partial charge in [0.15, 0.2) is 5.82 Å². The largest absolute Gasteiger partial charge is 0.334 e. The fraction of sp³-hybridized carbons (Fsp3) is 0.600. The van der Waals surface area contributed by atoms with Gasteiger partial charge in [0.2, 0.25) is 5.82 Å². The topological polar surface area (TPSA) is 93.9 Å². The first-order valence-corrected chi connectivity index (χ1v) is 7.66. The van der Waals surface area contributed by atoms with E-state index in [-0.39, 0.29) is 17.9 Å². The van der Waals surface area contributed by atoms with Gasteiger partial charge in [0.05, 0.1) is 0 Å². The molecule has 1 saturated carbocycles. The van der Waals surface area contributed by atoms with Gasteiger partial charge < -0.3 is 5.32 Å². The Kier molecular flexibility index (Phi) is 5.53. The monoisotopic (exact) mass is 302 g/mol. The SMILES string of the molecule is CC(C)CN(NC(=O)NC1CCCC1)c1ccnc(C#N)n1. The number of nitrogens with one attached hydrogen (secondary N) is 2. The van der Waals surface area contributed by atoms with Crippen molar-refractivity contribution in [2.75, 3.05) is 11.6 Å². The van der Waals surface area contributed by atoms with Gasteiger partial charge in [0, 0.05) is 24.8 Å². The molecule has 2 rings (SSSR count). The normalized spacial score (nSPS) is 14.6. The Bertz CT molecular complexity index is 547. The van der Waals surface area contributed by atoms with Crippen molar-refractivity contribution < 1.29 is 4.79 Å². The van der Waals surface area contributed by atoms with Gasteiger partial charge in [-0.2, -0.15) is 10.2 Å². The summed E-state index contributed by atoms with van der Waals surface area (Å²) in [5, 5.41) is 13.5. The fourth-order valence-corrected chi connectivity index (χ4v) is 2.53. The van der Waals surface area contributed by atoms with E-state index < -0.39 is 0 Å². The number of urea groups is 1. The van der Waals surface area contributed by atoms with Gasteiger partial charge in [-0.05, 0) is 18.8 Å². The average Bonchev–Trinajstić information content (AvgIpc) is 2.99. The van der Waals surface area contributed by atoms with Crippen molar-refractivity contribution in [2.24, 2.45) is 5.92 Å². The van der Waals surface area contributed by atoms with Crippen LogP contribution in [0.2, 0.25) is 0 Å². The molecule has 1 aliphatic rings. The van der Waals surface area contributed by atoms with Gasteiger partial charge in [-0.1, -0.05) is 26.7 Å². The van der Waals surface area contributed by atoms with E-state index in [1.807, 2.05) is 6.07 Å². The first kappa shape index (κ1) is 16.0. The van der Waals surface area contributed by atoms with Gasteiger partial charge in [0.25, 0.3) is 0 Å². The maximum atomic E-state index is 12.1. The van der Waals surface area contributed by atoms with Crippen LogP contribution in [0.25, 0.3) is 0 Å². The number of aromatic nitrogens is 2. The van der Waals surface area contributed by atoms with Crippen LogP contribution in [0.3, 0.4) is 0 Å². The van der Waals surface area contributed by atoms with Crippen LogP contribution < -0.4 is 15.8 Å². The summed E-state index contributed by atoms with van der Waals surface area (Å²) in [6.07, 6.45) is 5.91. The third-order valence-electron chi connectivity index (χ3n) is 3.49. The molecule has 1 fully saturated rings. The Hall–Kier alpha value is -2.36. The minimum absolute atomic E-state index is 0.0873. The molecule has 0 saturated heterocycles. The summed E-state index contributed by atoms with van der Waals surface area (Å²) in [6.45, 7) is 4.70. The van der Waals surface area contributed by atoms with E-state index in [0.29, 0.717) is 18.3 Å². The van der Waals surface area contributed by atoms with Crippen molar-refractivity contribution in [3.05, 3.63) is 18.1 Å². The average molecular weight is 302 g/mol. The quantitative estimate of drug-likeness (QED) is 0.811. The number of nitrogens with zero attached hydrogens (tertiary/aromatic N) is 4.